The lowest BCUT2D eigenvalue weighted by molar-refractivity contribution is 0.102. The maximum atomic E-state index is 12.8. The molecule has 7 nitrogen and oxygen atoms in total. The van der Waals surface area contributed by atoms with Crippen molar-refractivity contribution in [3.05, 3.63) is 52.6 Å². The van der Waals surface area contributed by atoms with Crippen LogP contribution in [0.4, 0.5) is 5.69 Å². The number of halogens is 1. The van der Waals surface area contributed by atoms with Crippen LogP contribution in [-0.4, -0.2) is 46.9 Å². The number of nitrogens with zero attached hydrogens (tertiary/aromatic N) is 3. The minimum absolute atomic E-state index is 0.0479. The zero-order valence-electron chi connectivity index (χ0n) is 16.8. The molecule has 0 spiro atoms. The van der Waals surface area contributed by atoms with E-state index in [2.05, 4.69) is 15.3 Å². The Hall–Kier alpha value is -2.03. The van der Waals surface area contributed by atoms with Crippen molar-refractivity contribution in [2.45, 2.75) is 50.2 Å². The molecule has 1 N–H and O–H groups in total. The Morgan fingerprint density at radius 3 is 2.53 bits per heavy atom. The van der Waals surface area contributed by atoms with Gasteiger partial charge in [0.1, 0.15) is 5.82 Å². The average molecular weight is 449 g/mol. The van der Waals surface area contributed by atoms with Gasteiger partial charge in [-0.05, 0) is 50.5 Å². The number of anilines is 1. The Labute approximate surface area is 181 Å². The number of carbonyl (C=O) groups is 1. The van der Waals surface area contributed by atoms with Crippen molar-refractivity contribution >= 4 is 33.2 Å². The van der Waals surface area contributed by atoms with Crippen LogP contribution in [0.3, 0.4) is 0 Å². The van der Waals surface area contributed by atoms with Gasteiger partial charge in [-0.25, -0.2) is 22.7 Å². The summed E-state index contributed by atoms with van der Waals surface area (Å²) in [7, 11) is -3.24. The van der Waals surface area contributed by atoms with Gasteiger partial charge in [-0.3, -0.25) is 4.79 Å². The maximum absolute atomic E-state index is 12.8. The van der Waals surface area contributed by atoms with E-state index >= 15 is 0 Å². The fraction of sp³-hybridized carbons (Fsp3) is 0.476. The number of hydrogen-bond acceptors (Lipinski definition) is 5. The number of carbonyl (C=O) groups excluding carboxylic acids is 1. The molecule has 2 aliphatic rings. The van der Waals surface area contributed by atoms with Crippen LogP contribution in [0.15, 0.2) is 30.5 Å². The summed E-state index contributed by atoms with van der Waals surface area (Å²) < 4.78 is 27.3. The summed E-state index contributed by atoms with van der Waals surface area (Å²) >= 11 is 5.87. The Morgan fingerprint density at radius 1 is 1.17 bits per heavy atom. The number of aromatic nitrogens is 2. The number of hydrogen-bond donors (Lipinski definition) is 1. The molecule has 2 aromatic rings. The highest BCUT2D eigenvalue weighted by Gasteiger charge is 2.39. The van der Waals surface area contributed by atoms with Crippen LogP contribution in [-0.2, 0) is 10.0 Å². The first-order valence-electron chi connectivity index (χ1n) is 10.2. The molecule has 160 valence electrons. The Kier molecular flexibility index (Phi) is 6.09. The normalized spacial score (nSPS) is 20.5. The van der Waals surface area contributed by atoms with E-state index in [1.54, 1.807) is 35.5 Å². The lowest BCUT2D eigenvalue weighted by atomic mass is 10.1. The standard InChI is InChI=1S/C21H25ClN4O3S/c1-14-19(21(27)25-17-8-6-16(22)7-9-17)12-23-20(24-14)15-10-11-26(13-15)30(28,29)18-4-2-3-5-18/h6-9,12,15,18H,2-5,10-11,13H2,1H3,(H,25,27). The van der Waals surface area contributed by atoms with Crippen LogP contribution in [0, 0.1) is 6.92 Å². The molecule has 9 heteroatoms. The Bertz CT molecular complexity index is 1040. The van der Waals surface area contributed by atoms with Crippen molar-refractivity contribution < 1.29 is 13.2 Å². The van der Waals surface area contributed by atoms with E-state index in [9.17, 15) is 13.2 Å². The number of nitrogens with one attached hydrogen (secondary N) is 1. The van der Waals surface area contributed by atoms with Gasteiger partial charge in [-0.15, -0.1) is 0 Å². The van der Waals surface area contributed by atoms with E-state index in [1.807, 2.05) is 0 Å². The Balaban J connectivity index is 1.44. The number of rotatable bonds is 5. The maximum Gasteiger partial charge on any atom is 0.259 e. The first-order valence-corrected chi connectivity index (χ1v) is 12.1. The van der Waals surface area contributed by atoms with Gasteiger partial charge in [0.15, 0.2) is 0 Å². The molecule has 1 saturated heterocycles. The van der Waals surface area contributed by atoms with Crippen LogP contribution >= 0.6 is 11.6 Å². The van der Waals surface area contributed by atoms with Crippen molar-refractivity contribution in [1.29, 1.82) is 0 Å². The molecule has 0 bridgehead atoms. The van der Waals surface area contributed by atoms with E-state index in [4.69, 9.17) is 11.6 Å². The van der Waals surface area contributed by atoms with Crippen LogP contribution in [0.1, 0.15) is 59.9 Å². The van der Waals surface area contributed by atoms with Crippen molar-refractivity contribution in [3.63, 3.8) is 0 Å². The van der Waals surface area contributed by atoms with Crippen LogP contribution in [0.5, 0.6) is 0 Å². The zero-order chi connectivity index (χ0) is 21.3. The first-order chi connectivity index (χ1) is 14.3. The molecule has 1 atom stereocenters. The van der Waals surface area contributed by atoms with Crippen molar-refractivity contribution in [3.8, 4) is 0 Å². The van der Waals surface area contributed by atoms with Gasteiger partial charge >= 0.3 is 0 Å². The largest absolute Gasteiger partial charge is 0.322 e. The van der Waals surface area contributed by atoms with Gasteiger partial charge in [-0.2, -0.15) is 0 Å². The second-order valence-electron chi connectivity index (χ2n) is 7.98. The second kappa shape index (κ2) is 8.61. The number of benzene rings is 1. The summed E-state index contributed by atoms with van der Waals surface area (Å²) in [4.78, 5) is 21.5. The van der Waals surface area contributed by atoms with Gasteiger partial charge in [0.2, 0.25) is 10.0 Å². The molecule has 1 aliphatic carbocycles. The third-order valence-corrected chi connectivity index (χ3v) is 8.56. The minimum atomic E-state index is -3.24. The predicted molar refractivity (Wildman–Crippen MR) is 116 cm³/mol. The molecule has 30 heavy (non-hydrogen) atoms. The minimum Gasteiger partial charge on any atom is -0.322 e. The molecule has 0 radical (unpaired) electrons. The summed E-state index contributed by atoms with van der Waals surface area (Å²) in [5.74, 6) is 0.256. The molecule has 1 aromatic heterocycles. The highest BCUT2D eigenvalue weighted by Crippen LogP contribution is 2.33. The first kappa shape index (κ1) is 21.2. The van der Waals surface area contributed by atoms with Crippen LogP contribution in [0.25, 0.3) is 0 Å². The number of aryl methyl sites for hydroxylation is 1. The molecular formula is C21H25ClN4O3S. The van der Waals surface area contributed by atoms with E-state index < -0.39 is 10.0 Å². The van der Waals surface area contributed by atoms with Crippen molar-refractivity contribution in [2.75, 3.05) is 18.4 Å². The van der Waals surface area contributed by atoms with E-state index in [1.165, 1.54) is 6.20 Å². The summed E-state index contributed by atoms with van der Waals surface area (Å²) in [6, 6.07) is 6.86. The molecule has 1 aliphatic heterocycles. The van der Waals surface area contributed by atoms with E-state index in [0.717, 1.165) is 25.7 Å². The number of amides is 1. The third kappa shape index (κ3) is 4.36. The van der Waals surface area contributed by atoms with E-state index in [-0.39, 0.29) is 17.1 Å². The predicted octanol–water partition coefficient (Wildman–Crippen LogP) is 3.75. The molecular weight excluding hydrogens is 424 g/mol. The van der Waals surface area contributed by atoms with Gasteiger partial charge in [0.25, 0.3) is 5.91 Å². The van der Waals surface area contributed by atoms with E-state index in [0.29, 0.717) is 47.3 Å². The number of sulfonamides is 1. The SMILES string of the molecule is Cc1nc(C2CCN(S(=O)(=O)C3CCCC3)C2)ncc1C(=O)Nc1ccc(Cl)cc1. The fourth-order valence-corrected chi connectivity index (χ4v) is 6.43. The average Bonchev–Trinajstić information content (AvgIpc) is 3.42. The third-order valence-electron chi connectivity index (χ3n) is 5.94. The fourth-order valence-electron chi connectivity index (χ4n) is 4.20. The van der Waals surface area contributed by atoms with Crippen LogP contribution < -0.4 is 5.32 Å². The molecule has 1 aromatic carbocycles. The molecule has 4 rings (SSSR count). The molecule has 1 saturated carbocycles. The van der Waals surface area contributed by atoms with Gasteiger partial charge in [0.05, 0.1) is 16.5 Å². The van der Waals surface area contributed by atoms with Gasteiger partial charge < -0.3 is 5.32 Å². The zero-order valence-corrected chi connectivity index (χ0v) is 18.4. The van der Waals surface area contributed by atoms with Crippen molar-refractivity contribution in [1.82, 2.24) is 14.3 Å². The summed E-state index contributed by atoms with van der Waals surface area (Å²) in [5, 5.41) is 3.17. The Morgan fingerprint density at radius 2 is 1.87 bits per heavy atom. The van der Waals surface area contributed by atoms with Gasteiger partial charge in [0, 0.05) is 35.9 Å². The smallest absolute Gasteiger partial charge is 0.259 e. The highest BCUT2D eigenvalue weighted by molar-refractivity contribution is 7.89. The topological polar surface area (TPSA) is 92.3 Å². The molecule has 1 unspecified atom stereocenters. The molecule has 2 heterocycles. The van der Waals surface area contributed by atoms with Gasteiger partial charge in [-0.1, -0.05) is 24.4 Å². The quantitative estimate of drug-likeness (QED) is 0.751. The van der Waals surface area contributed by atoms with Crippen LogP contribution in [0.2, 0.25) is 5.02 Å². The summed E-state index contributed by atoms with van der Waals surface area (Å²) in [5.41, 5.74) is 1.60. The summed E-state index contributed by atoms with van der Waals surface area (Å²) in [6.07, 6.45) is 5.72. The second-order valence-corrected chi connectivity index (χ2v) is 10.6. The van der Waals surface area contributed by atoms with Crippen molar-refractivity contribution in [2.24, 2.45) is 0 Å². The highest BCUT2D eigenvalue weighted by atomic mass is 35.5. The lowest BCUT2D eigenvalue weighted by Gasteiger charge is -2.21. The summed E-state index contributed by atoms with van der Waals surface area (Å²) in [6.45, 7) is 2.68. The lowest BCUT2D eigenvalue weighted by Crippen LogP contribution is -2.36. The molecule has 2 fully saturated rings. The molecule has 1 amide bonds. The monoisotopic (exact) mass is 448 g/mol.